The van der Waals surface area contributed by atoms with E-state index in [0.717, 1.165) is 12.6 Å². The molecule has 5 nitrogen and oxygen atoms in total. The zero-order chi connectivity index (χ0) is 10.1. The summed E-state index contributed by atoms with van der Waals surface area (Å²) in [6, 6.07) is 0. The molecule has 0 bridgehead atoms. The zero-order valence-corrected chi connectivity index (χ0v) is 8.34. The molecule has 0 heterocycles. The van der Waals surface area contributed by atoms with E-state index in [-0.39, 0.29) is 6.61 Å². The first-order valence-electron chi connectivity index (χ1n) is 3.94. The molecule has 0 fully saturated rings. The molecular weight excluding hydrogens is 192 g/mol. The lowest BCUT2D eigenvalue weighted by atomic mass is 10.3. The van der Waals surface area contributed by atoms with Gasteiger partial charge in [0.2, 0.25) is 0 Å². The van der Waals surface area contributed by atoms with Crippen LogP contribution < -0.4 is 5.32 Å². The van der Waals surface area contributed by atoms with E-state index in [2.05, 4.69) is 5.32 Å². The monoisotopic (exact) mass is 206 g/mol. The Bertz CT molecular complexity index is 185. The number of aliphatic hydroxyl groups excluding tert-OH is 1. The van der Waals surface area contributed by atoms with Crippen LogP contribution in [-0.4, -0.2) is 29.4 Å². The number of nitrogens with one attached hydrogen (secondary N) is 1. The predicted molar refractivity (Wildman–Crippen MR) is 52.9 cm³/mol. The molecule has 0 aromatic rings. The largest absolute Gasteiger partial charge is 0.396 e. The van der Waals surface area contributed by atoms with Crippen LogP contribution in [0, 0.1) is 10.1 Å². The van der Waals surface area contributed by atoms with E-state index in [9.17, 15) is 10.1 Å². The summed E-state index contributed by atoms with van der Waals surface area (Å²) in [6.07, 6.45) is 4.25. The van der Waals surface area contributed by atoms with Crippen molar-refractivity contribution in [2.24, 2.45) is 0 Å². The smallest absolute Gasteiger partial charge is 0.263 e. The fourth-order valence-electron chi connectivity index (χ4n) is 0.715. The van der Waals surface area contributed by atoms with Gasteiger partial charge < -0.3 is 10.4 Å². The van der Waals surface area contributed by atoms with Crippen molar-refractivity contribution in [1.29, 1.82) is 0 Å². The van der Waals surface area contributed by atoms with E-state index in [4.69, 9.17) is 5.11 Å². The summed E-state index contributed by atoms with van der Waals surface area (Å²) in [4.78, 5) is 9.61. The van der Waals surface area contributed by atoms with Crippen LogP contribution in [0.4, 0.5) is 0 Å². The van der Waals surface area contributed by atoms with Gasteiger partial charge in [0.25, 0.3) is 6.20 Å². The summed E-state index contributed by atoms with van der Waals surface area (Å²) in [5.74, 6) is 0. The molecule has 0 aliphatic heterocycles. The van der Waals surface area contributed by atoms with E-state index in [1.807, 2.05) is 0 Å². The van der Waals surface area contributed by atoms with Gasteiger partial charge in [-0.3, -0.25) is 10.1 Å². The van der Waals surface area contributed by atoms with Gasteiger partial charge in [0.1, 0.15) is 5.03 Å². The molecular formula is C7H14N2O3S. The van der Waals surface area contributed by atoms with Crippen LogP contribution >= 0.6 is 11.8 Å². The fourth-order valence-corrected chi connectivity index (χ4v) is 1.15. The molecule has 0 aromatic heterocycles. The average molecular weight is 206 g/mol. The maximum atomic E-state index is 10.1. The predicted octanol–water partition coefficient (Wildman–Crippen LogP) is 0.787. The lowest BCUT2D eigenvalue weighted by molar-refractivity contribution is -0.403. The Labute approximate surface area is 81.4 Å². The molecule has 0 rings (SSSR count). The van der Waals surface area contributed by atoms with E-state index in [0.29, 0.717) is 18.0 Å². The van der Waals surface area contributed by atoms with Crippen LogP contribution in [0.25, 0.3) is 0 Å². The summed E-state index contributed by atoms with van der Waals surface area (Å²) in [7, 11) is 0. The molecule has 0 saturated heterocycles. The van der Waals surface area contributed by atoms with Gasteiger partial charge >= 0.3 is 0 Å². The minimum atomic E-state index is -0.481. The van der Waals surface area contributed by atoms with Gasteiger partial charge in [-0.25, -0.2) is 0 Å². The number of thioether (sulfide) groups is 1. The van der Waals surface area contributed by atoms with Crippen molar-refractivity contribution in [3.8, 4) is 0 Å². The van der Waals surface area contributed by atoms with Gasteiger partial charge in [-0.05, 0) is 19.1 Å². The first-order chi connectivity index (χ1) is 6.20. The lowest BCUT2D eigenvalue weighted by Crippen LogP contribution is -2.14. The molecule has 6 heteroatoms. The highest BCUT2D eigenvalue weighted by Crippen LogP contribution is 2.06. The van der Waals surface area contributed by atoms with Crippen molar-refractivity contribution < 1.29 is 10.0 Å². The van der Waals surface area contributed by atoms with Gasteiger partial charge in [-0.2, -0.15) is 0 Å². The number of hydrogen-bond acceptors (Lipinski definition) is 5. The second-order valence-corrected chi connectivity index (χ2v) is 3.19. The fraction of sp³-hybridized carbons (Fsp3) is 0.714. The normalized spacial score (nSPS) is 11.4. The Hall–Kier alpha value is -0.750. The second kappa shape index (κ2) is 7.88. The topological polar surface area (TPSA) is 75.4 Å². The maximum absolute atomic E-state index is 10.1. The summed E-state index contributed by atoms with van der Waals surface area (Å²) in [5.41, 5.74) is 0. The van der Waals surface area contributed by atoms with Crippen LogP contribution in [-0.2, 0) is 0 Å². The summed E-state index contributed by atoms with van der Waals surface area (Å²) in [5, 5.41) is 22.0. The van der Waals surface area contributed by atoms with E-state index in [1.54, 1.807) is 6.26 Å². The zero-order valence-electron chi connectivity index (χ0n) is 7.52. The highest BCUT2D eigenvalue weighted by Gasteiger charge is 1.99. The van der Waals surface area contributed by atoms with Crippen molar-refractivity contribution in [1.82, 2.24) is 5.32 Å². The molecule has 0 amide bonds. The molecule has 0 radical (unpaired) electrons. The molecule has 13 heavy (non-hydrogen) atoms. The van der Waals surface area contributed by atoms with Crippen LogP contribution in [0.2, 0.25) is 0 Å². The molecule has 0 aliphatic carbocycles. The van der Waals surface area contributed by atoms with Gasteiger partial charge in [0.15, 0.2) is 0 Å². The number of unbranched alkanes of at least 4 members (excludes halogenated alkanes) is 1. The number of nitrogens with zero attached hydrogens (tertiary/aromatic N) is 1. The first-order valence-corrected chi connectivity index (χ1v) is 5.17. The van der Waals surface area contributed by atoms with Crippen molar-refractivity contribution in [3.63, 3.8) is 0 Å². The van der Waals surface area contributed by atoms with E-state index >= 15 is 0 Å². The molecule has 0 aliphatic rings. The molecule has 0 aromatic carbocycles. The molecule has 0 saturated carbocycles. The van der Waals surface area contributed by atoms with Gasteiger partial charge in [0.05, 0.1) is 4.92 Å². The van der Waals surface area contributed by atoms with Crippen LogP contribution in [0.15, 0.2) is 11.2 Å². The van der Waals surface area contributed by atoms with E-state index < -0.39 is 4.92 Å². The molecule has 0 atom stereocenters. The third kappa shape index (κ3) is 7.61. The van der Waals surface area contributed by atoms with Gasteiger partial charge in [0, 0.05) is 13.2 Å². The second-order valence-electron chi connectivity index (χ2n) is 2.34. The Kier molecular flexibility index (Phi) is 7.42. The van der Waals surface area contributed by atoms with Gasteiger partial charge in [-0.15, -0.1) is 11.8 Å². The third-order valence-electron chi connectivity index (χ3n) is 1.33. The number of rotatable bonds is 7. The highest BCUT2D eigenvalue weighted by molar-refractivity contribution is 8.02. The summed E-state index contributed by atoms with van der Waals surface area (Å²) >= 11 is 1.30. The highest BCUT2D eigenvalue weighted by atomic mass is 32.2. The Morgan fingerprint density at radius 2 is 2.38 bits per heavy atom. The summed E-state index contributed by atoms with van der Waals surface area (Å²) in [6.45, 7) is 0.816. The van der Waals surface area contributed by atoms with Crippen LogP contribution in [0.3, 0.4) is 0 Å². The third-order valence-corrected chi connectivity index (χ3v) is 2.02. The minimum Gasteiger partial charge on any atom is -0.396 e. The average Bonchev–Trinajstić information content (AvgIpc) is 2.09. The van der Waals surface area contributed by atoms with Gasteiger partial charge in [-0.1, -0.05) is 0 Å². The molecule has 0 spiro atoms. The lowest BCUT2D eigenvalue weighted by Gasteiger charge is -2.04. The summed E-state index contributed by atoms with van der Waals surface area (Å²) < 4.78 is 0. The molecule has 76 valence electrons. The molecule has 2 N–H and O–H groups in total. The number of nitro groups is 1. The number of aliphatic hydroxyl groups is 1. The maximum Gasteiger partial charge on any atom is 0.263 e. The molecule has 0 unspecified atom stereocenters. The van der Waals surface area contributed by atoms with E-state index in [1.165, 1.54) is 11.8 Å². The first kappa shape index (κ1) is 12.2. The van der Waals surface area contributed by atoms with Crippen LogP contribution in [0.1, 0.15) is 12.8 Å². The Balaban J connectivity index is 3.66. The Morgan fingerprint density at radius 3 is 2.85 bits per heavy atom. The van der Waals surface area contributed by atoms with Crippen molar-refractivity contribution in [2.75, 3.05) is 19.4 Å². The van der Waals surface area contributed by atoms with Crippen molar-refractivity contribution in [2.45, 2.75) is 12.8 Å². The standard InChI is InChI=1S/C7H14N2O3S/c1-13-7(6-9(11)12)8-4-2-3-5-10/h6,8,10H,2-5H2,1H3/b7-6+. The Morgan fingerprint density at radius 1 is 1.69 bits per heavy atom. The number of hydrogen-bond donors (Lipinski definition) is 2. The quantitative estimate of drug-likeness (QED) is 0.366. The SMILES string of the molecule is CS/C(=C/[N+](=O)[O-])NCCCCO. The van der Waals surface area contributed by atoms with Crippen LogP contribution in [0.5, 0.6) is 0 Å². The minimum absolute atomic E-state index is 0.162. The van der Waals surface area contributed by atoms with Crippen molar-refractivity contribution >= 4 is 11.8 Å². The van der Waals surface area contributed by atoms with Crippen molar-refractivity contribution in [3.05, 3.63) is 21.3 Å².